The summed E-state index contributed by atoms with van der Waals surface area (Å²) in [5, 5.41) is 1.37. The molecule has 1 nitrogen and oxygen atoms in total. The molecular formula is C16H15Cl2N. The van der Waals surface area contributed by atoms with Gasteiger partial charge < -0.3 is 5.73 Å². The minimum atomic E-state index is -0.110. The van der Waals surface area contributed by atoms with Crippen molar-refractivity contribution in [3.05, 3.63) is 69.7 Å². The van der Waals surface area contributed by atoms with Gasteiger partial charge in [-0.3, -0.25) is 0 Å². The molecule has 1 aliphatic rings. The van der Waals surface area contributed by atoms with Crippen LogP contribution in [-0.4, -0.2) is 0 Å². The van der Waals surface area contributed by atoms with Crippen LogP contribution in [0.5, 0.6) is 0 Å². The summed E-state index contributed by atoms with van der Waals surface area (Å²) in [6, 6.07) is 15.8. The Kier molecular flexibility index (Phi) is 3.30. The third-order valence-corrected chi connectivity index (χ3v) is 4.61. The summed E-state index contributed by atoms with van der Waals surface area (Å²) in [7, 11) is 0. The van der Waals surface area contributed by atoms with Crippen molar-refractivity contribution in [2.45, 2.75) is 24.3 Å². The van der Waals surface area contributed by atoms with Gasteiger partial charge in [0.05, 0.1) is 0 Å². The van der Waals surface area contributed by atoms with Crippen molar-refractivity contribution in [3.8, 4) is 0 Å². The second kappa shape index (κ2) is 4.82. The van der Waals surface area contributed by atoms with E-state index in [1.165, 1.54) is 5.56 Å². The third kappa shape index (κ3) is 2.27. The molecule has 1 atom stereocenters. The van der Waals surface area contributed by atoms with E-state index in [9.17, 15) is 0 Å². The van der Waals surface area contributed by atoms with Crippen LogP contribution in [-0.2, 0) is 5.41 Å². The third-order valence-electron chi connectivity index (χ3n) is 4.03. The number of rotatable bonds is 3. The van der Waals surface area contributed by atoms with Crippen molar-refractivity contribution in [2.24, 2.45) is 5.73 Å². The molecule has 1 fully saturated rings. The van der Waals surface area contributed by atoms with E-state index in [0.717, 1.165) is 18.4 Å². The highest BCUT2D eigenvalue weighted by atomic mass is 35.5. The monoisotopic (exact) mass is 291 g/mol. The van der Waals surface area contributed by atoms with Gasteiger partial charge in [-0.25, -0.2) is 0 Å². The van der Waals surface area contributed by atoms with E-state index in [1.54, 1.807) is 6.07 Å². The Labute approximate surface area is 123 Å². The Morgan fingerprint density at radius 2 is 1.68 bits per heavy atom. The molecule has 19 heavy (non-hydrogen) atoms. The van der Waals surface area contributed by atoms with Gasteiger partial charge in [0.25, 0.3) is 0 Å². The maximum atomic E-state index is 6.49. The SMILES string of the molecule is NC(c1cc(Cl)ccc1Cl)C1(c2ccccc2)CC1. The van der Waals surface area contributed by atoms with Crippen LogP contribution < -0.4 is 5.73 Å². The molecule has 3 rings (SSSR count). The summed E-state index contributed by atoms with van der Waals surface area (Å²) in [5.41, 5.74) is 8.75. The molecular weight excluding hydrogens is 277 g/mol. The molecule has 0 amide bonds. The average molecular weight is 292 g/mol. The standard InChI is InChI=1S/C16H15Cl2N/c17-12-6-7-14(18)13(10-12)15(19)16(8-9-16)11-4-2-1-3-5-11/h1-7,10,15H,8-9,19H2. The molecule has 1 aliphatic carbocycles. The van der Waals surface area contributed by atoms with Gasteiger partial charge >= 0.3 is 0 Å². The van der Waals surface area contributed by atoms with Crippen LogP contribution in [0, 0.1) is 0 Å². The van der Waals surface area contributed by atoms with Gasteiger partial charge in [0.15, 0.2) is 0 Å². The van der Waals surface area contributed by atoms with Gasteiger partial charge in [-0.2, -0.15) is 0 Å². The van der Waals surface area contributed by atoms with Gasteiger partial charge in [0.2, 0.25) is 0 Å². The lowest BCUT2D eigenvalue weighted by molar-refractivity contribution is 0.541. The summed E-state index contributed by atoms with van der Waals surface area (Å²) < 4.78 is 0. The first-order valence-corrected chi connectivity index (χ1v) is 7.15. The van der Waals surface area contributed by atoms with Crippen LogP contribution in [0.1, 0.15) is 30.0 Å². The Morgan fingerprint density at radius 3 is 2.32 bits per heavy atom. The lowest BCUT2D eigenvalue weighted by Crippen LogP contribution is -2.26. The smallest absolute Gasteiger partial charge is 0.0455 e. The normalized spacial score (nSPS) is 18.1. The first kappa shape index (κ1) is 13.0. The van der Waals surface area contributed by atoms with E-state index in [2.05, 4.69) is 24.3 Å². The van der Waals surface area contributed by atoms with E-state index in [1.807, 2.05) is 18.2 Å². The highest BCUT2D eigenvalue weighted by Crippen LogP contribution is 2.56. The summed E-state index contributed by atoms with van der Waals surface area (Å²) in [6.07, 6.45) is 2.20. The van der Waals surface area contributed by atoms with Crippen molar-refractivity contribution in [2.75, 3.05) is 0 Å². The first-order chi connectivity index (χ1) is 9.13. The Hall–Kier alpha value is -1.02. The van der Waals surface area contributed by atoms with E-state index in [4.69, 9.17) is 28.9 Å². The second-order valence-electron chi connectivity index (χ2n) is 5.17. The van der Waals surface area contributed by atoms with Crippen molar-refractivity contribution in [3.63, 3.8) is 0 Å². The van der Waals surface area contributed by atoms with Gasteiger partial charge in [0, 0.05) is 21.5 Å². The molecule has 2 aromatic rings. The Balaban J connectivity index is 2.00. The minimum absolute atomic E-state index is 0.0234. The van der Waals surface area contributed by atoms with E-state index < -0.39 is 0 Å². The molecule has 0 aliphatic heterocycles. The first-order valence-electron chi connectivity index (χ1n) is 6.39. The van der Waals surface area contributed by atoms with Gasteiger partial charge in [-0.05, 0) is 42.2 Å². The number of halogens is 2. The summed E-state index contributed by atoms with van der Waals surface area (Å²) in [5.74, 6) is 0. The van der Waals surface area contributed by atoms with Crippen LogP contribution in [0.15, 0.2) is 48.5 Å². The number of hydrogen-bond acceptors (Lipinski definition) is 1. The Morgan fingerprint density at radius 1 is 1.00 bits per heavy atom. The zero-order valence-electron chi connectivity index (χ0n) is 10.4. The molecule has 0 radical (unpaired) electrons. The van der Waals surface area contributed by atoms with Crippen LogP contribution in [0.25, 0.3) is 0 Å². The molecule has 2 aromatic carbocycles. The van der Waals surface area contributed by atoms with Crippen LogP contribution in [0.3, 0.4) is 0 Å². The molecule has 0 saturated heterocycles. The van der Waals surface area contributed by atoms with Crippen LogP contribution >= 0.6 is 23.2 Å². The second-order valence-corrected chi connectivity index (χ2v) is 6.01. The molecule has 0 heterocycles. The zero-order chi connectivity index (χ0) is 13.5. The summed E-state index contributed by atoms with van der Waals surface area (Å²) in [6.45, 7) is 0. The van der Waals surface area contributed by atoms with Gasteiger partial charge in [-0.1, -0.05) is 53.5 Å². The fourth-order valence-electron chi connectivity index (χ4n) is 2.73. The summed E-state index contributed by atoms with van der Waals surface area (Å²) in [4.78, 5) is 0. The predicted octanol–water partition coefficient (Wildman–Crippen LogP) is 4.73. The molecule has 3 heteroatoms. The number of hydrogen-bond donors (Lipinski definition) is 1. The molecule has 0 aromatic heterocycles. The lowest BCUT2D eigenvalue weighted by atomic mass is 9.84. The van der Waals surface area contributed by atoms with Gasteiger partial charge in [0.1, 0.15) is 0 Å². The Bertz CT molecular complexity index is 591. The lowest BCUT2D eigenvalue weighted by Gasteiger charge is -2.25. The van der Waals surface area contributed by atoms with Crippen LogP contribution in [0.2, 0.25) is 10.0 Å². The van der Waals surface area contributed by atoms with Crippen molar-refractivity contribution >= 4 is 23.2 Å². The van der Waals surface area contributed by atoms with Crippen molar-refractivity contribution in [1.29, 1.82) is 0 Å². The van der Waals surface area contributed by atoms with E-state index in [-0.39, 0.29) is 11.5 Å². The average Bonchev–Trinajstić information content (AvgIpc) is 3.23. The number of nitrogens with two attached hydrogens (primary N) is 1. The van der Waals surface area contributed by atoms with E-state index >= 15 is 0 Å². The molecule has 98 valence electrons. The molecule has 0 bridgehead atoms. The molecule has 1 unspecified atom stereocenters. The summed E-state index contributed by atoms with van der Waals surface area (Å²) >= 11 is 12.3. The maximum Gasteiger partial charge on any atom is 0.0455 e. The van der Waals surface area contributed by atoms with E-state index in [0.29, 0.717) is 10.0 Å². The molecule has 1 saturated carbocycles. The highest BCUT2D eigenvalue weighted by molar-refractivity contribution is 6.33. The van der Waals surface area contributed by atoms with Gasteiger partial charge in [-0.15, -0.1) is 0 Å². The van der Waals surface area contributed by atoms with Crippen molar-refractivity contribution in [1.82, 2.24) is 0 Å². The largest absolute Gasteiger partial charge is 0.323 e. The van der Waals surface area contributed by atoms with Crippen molar-refractivity contribution < 1.29 is 0 Å². The minimum Gasteiger partial charge on any atom is -0.323 e. The topological polar surface area (TPSA) is 26.0 Å². The molecule has 0 spiro atoms. The fraction of sp³-hybridized carbons (Fsp3) is 0.250. The maximum absolute atomic E-state index is 6.49. The number of benzene rings is 2. The fourth-order valence-corrected chi connectivity index (χ4v) is 3.15. The predicted molar refractivity (Wildman–Crippen MR) is 80.7 cm³/mol. The molecule has 2 N–H and O–H groups in total. The van der Waals surface area contributed by atoms with Crippen LogP contribution in [0.4, 0.5) is 0 Å². The quantitative estimate of drug-likeness (QED) is 0.870. The zero-order valence-corrected chi connectivity index (χ0v) is 12.0. The highest BCUT2D eigenvalue weighted by Gasteiger charge is 2.50.